The molecule has 0 heterocycles. The summed E-state index contributed by atoms with van der Waals surface area (Å²) in [5.41, 5.74) is -0.767. The Bertz CT molecular complexity index is 561. The molecule has 1 aromatic rings. The number of nitrogens with zero attached hydrogens (tertiary/aromatic N) is 2. The zero-order valence-electron chi connectivity index (χ0n) is 11.7. The molecule has 0 fully saturated rings. The van der Waals surface area contributed by atoms with Crippen molar-refractivity contribution in [1.29, 1.82) is 0 Å². The van der Waals surface area contributed by atoms with Crippen molar-refractivity contribution in [3.63, 3.8) is 0 Å². The van der Waals surface area contributed by atoms with E-state index in [9.17, 15) is 24.1 Å². The van der Waals surface area contributed by atoms with Gasteiger partial charge in [-0.1, -0.05) is 6.92 Å². The summed E-state index contributed by atoms with van der Waals surface area (Å²) < 4.78 is 18.0. The van der Waals surface area contributed by atoms with Gasteiger partial charge in [-0.15, -0.1) is 0 Å². The maximum absolute atomic E-state index is 13.5. The molecule has 0 bridgehead atoms. The fourth-order valence-electron chi connectivity index (χ4n) is 1.71. The third kappa shape index (κ3) is 4.23. The number of methoxy groups -OCH3 is 1. The van der Waals surface area contributed by atoms with E-state index in [-0.39, 0.29) is 18.7 Å². The number of carbonyl (C=O) groups excluding carboxylic acids is 2. The Morgan fingerprint density at radius 2 is 2.10 bits per heavy atom. The molecule has 0 aliphatic carbocycles. The molecule has 0 unspecified atom stereocenters. The number of nitro groups is 1. The van der Waals surface area contributed by atoms with Gasteiger partial charge in [-0.2, -0.15) is 4.39 Å². The predicted molar refractivity (Wildman–Crippen MR) is 71.3 cm³/mol. The highest BCUT2D eigenvalue weighted by atomic mass is 19.1. The second kappa shape index (κ2) is 7.32. The van der Waals surface area contributed by atoms with Crippen LogP contribution in [0.25, 0.3) is 0 Å². The number of hydrogen-bond acceptors (Lipinski definition) is 5. The van der Waals surface area contributed by atoms with Gasteiger partial charge < -0.3 is 9.64 Å². The normalized spacial score (nSPS) is 10.0. The Morgan fingerprint density at radius 1 is 1.43 bits per heavy atom. The van der Waals surface area contributed by atoms with Crippen molar-refractivity contribution < 1.29 is 23.6 Å². The highest BCUT2D eigenvalue weighted by molar-refractivity contribution is 5.96. The Morgan fingerprint density at radius 3 is 2.57 bits per heavy atom. The first-order chi connectivity index (χ1) is 9.90. The molecule has 0 N–H and O–H groups in total. The molecule has 0 aliphatic heterocycles. The summed E-state index contributed by atoms with van der Waals surface area (Å²) >= 11 is 0. The van der Waals surface area contributed by atoms with E-state index >= 15 is 0 Å². The fourth-order valence-corrected chi connectivity index (χ4v) is 1.71. The van der Waals surface area contributed by atoms with Gasteiger partial charge in [0, 0.05) is 18.2 Å². The molecule has 7 nitrogen and oxygen atoms in total. The van der Waals surface area contributed by atoms with E-state index in [4.69, 9.17) is 0 Å². The molecule has 0 saturated carbocycles. The molecular formula is C13H15FN2O5. The van der Waals surface area contributed by atoms with Crippen molar-refractivity contribution >= 4 is 17.6 Å². The van der Waals surface area contributed by atoms with Gasteiger partial charge in [-0.25, -0.2) is 0 Å². The van der Waals surface area contributed by atoms with E-state index in [1.807, 2.05) is 6.92 Å². The maximum atomic E-state index is 13.5. The average Bonchev–Trinajstić information content (AvgIpc) is 2.45. The smallest absolute Gasteiger partial charge is 0.325 e. The van der Waals surface area contributed by atoms with Crippen LogP contribution in [0, 0.1) is 15.9 Å². The topological polar surface area (TPSA) is 89.8 Å². The van der Waals surface area contributed by atoms with Crippen LogP contribution in [0.1, 0.15) is 23.7 Å². The van der Waals surface area contributed by atoms with Crippen LogP contribution < -0.4 is 0 Å². The van der Waals surface area contributed by atoms with Gasteiger partial charge in [0.05, 0.1) is 12.0 Å². The highest BCUT2D eigenvalue weighted by Crippen LogP contribution is 2.19. The molecule has 0 aromatic heterocycles. The third-order valence-electron chi connectivity index (χ3n) is 2.72. The minimum Gasteiger partial charge on any atom is -0.468 e. The molecule has 0 spiro atoms. The number of rotatable bonds is 6. The van der Waals surface area contributed by atoms with E-state index in [1.54, 1.807) is 0 Å². The molecular weight excluding hydrogens is 283 g/mol. The number of amides is 1. The zero-order valence-corrected chi connectivity index (χ0v) is 11.7. The predicted octanol–water partition coefficient (Wildman–Crippen LogP) is 1.76. The number of carbonyl (C=O) groups is 2. The summed E-state index contributed by atoms with van der Waals surface area (Å²) in [5, 5.41) is 10.5. The number of esters is 1. The summed E-state index contributed by atoms with van der Waals surface area (Å²) in [6.07, 6.45) is 0.595. The first kappa shape index (κ1) is 16.5. The maximum Gasteiger partial charge on any atom is 0.325 e. The van der Waals surface area contributed by atoms with Crippen LogP contribution in [0.3, 0.4) is 0 Å². The second-order valence-electron chi connectivity index (χ2n) is 4.23. The first-order valence-electron chi connectivity index (χ1n) is 6.20. The summed E-state index contributed by atoms with van der Waals surface area (Å²) in [5.74, 6) is -2.28. The zero-order chi connectivity index (χ0) is 16.0. The van der Waals surface area contributed by atoms with Crippen LogP contribution in [-0.2, 0) is 9.53 Å². The molecule has 0 aliphatic rings. The molecule has 0 saturated heterocycles. The number of halogens is 1. The van der Waals surface area contributed by atoms with Crippen molar-refractivity contribution in [3.05, 3.63) is 39.7 Å². The quantitative estimate of drug-likeness (QED) is 0.453. The van der Waals surface area contributed by atoms with E-state index in [0.29, 0.717) is 6.42 Å². The Hall–Kier alpha value is -2.51. The largest absolute Gasteiger partial charge is 0.468 e. The number of ether oxygens (including phenoxy) is 1. The molecule has 1 rings (SSSR count). The van der Waals surface area contributed by atoms with Crippen molar-refractivity contribution in [2.24, 2.45) is 0 Å². The lowest BCUT2D eigenvalue weighted by Crippen LogP contribution is -2.36. The van der Waals surface area contributed by atoms with E-state index in [0.717, 1.165) is 18.2 Å². The van der Waals surface area contributed by atoms with Gasteiger partial charge in [0.2, 0.25) is 5.82 Å². The van der Waals surface area contributed by atoms with Gasteiger partial charge in [0.15, 0.2) is 0 Å². The SMILES string of the molecule is CCCN(CC(=O)OC)C(=O)c1ccc([N+](=O)[O-])c(F)c1. The Kier molecular flexibility index (Phi) is 5.77. The minimum atomic E-state index is -1.10. The van der Waals surface area contributed by atoms with E-state index in [2.05, 4.69) is 4.74 Å². The van der Waals surface area contributed by atoms with Crippen LogP contribution in [0.2, 0.25) is 0 Å². The molecule has 8 heteroatoms. The molecule has 0 atom stereocenters. The van der Waals surface area contributed by atoms with E-state index in [1.165, 1.54) is 12.0 Å². The van der Waals surface area contributed by atoms with Crippen molar-refractivity contribution in [1.82, 2.24) is 4.90 Å². The third-order valence-corrected chi connectivity index (χ3v) is 2.72. The molecule has 21 heavy (non-hydrogen) atoms. The first-order valence-corrected chi connectivity index (χ1v) is 6.20. The van der Waals surface area contributed by atoms with Gasteiger partial charge in [0.25, 0.3) is 5.91 Å². The highest BCUT2D eigenvalue weighted by Gasteiger charge is 2.22. The molecule has 0 radical (unpaired) electrons. The Labute approximate surface area is 120 Å². The van der Waals surface area contributed by atoms with Crippen LogP contribution in [0.5, 0.6) is 0 Å². The molecule has 1 amide bonds. The van der Waals surface area contributed by atoms with Crippen LogP contribution in [0.4, 0.5) is 10.1 Å². The summed E-state index contributed by atoms with van der Waals surface area (Å²) in [7, 11) is 1.20. The molecule has 114 valence electrons. The van der Waals surface area contributed by atoms with Gasteiger partial charge in [-0.3, -0.25) is 19.7 Å². The van der Waals surface area contributed by atoms with Crippen LogP contribution >= 0.6 is 0 Å². The van der Waals surface area contributed by atoms with Crippen molar-refractivity contribution in [2.75, 3.05) is 20.2 Å². The summed E-state index contributed by atoms with van der Waals surface area (Å²) in [4.78, 5) is 34.3. The molecule has 1 aromatic carbocycles. The fraction of sp³-hybridized carbons (Fsp3) is 0.385. The lowest BCUT2D eigenvalue weighted by molar-refractivity contribution is -0.387. The number of hydrogen-bond donors (Lipinski definition) is 0. The summed E-state index contributed by atoms with van der Waals surface area (Å²) in [6, 6.07) is 2.87. The van der Waals surface area contributed by atoms with Gasteiger partial charge in [0.1, 0.15) is 6.54 Å². The van der Waals surface area contributed by atoms with Gasteiger partial charge >= 0.3 is 11.7 Å². The van der Waals surface area contributed by atoms with Crippen molar-refractivity contribution in [3.8, 4) is 0 Å². The summed E-state index contributed by atoms with van der Waals surface area (Å²) in [6.45, 7) is 1.84. The lowest BCUT2D eigenvalue weighted by Gasteiger charge is -2.20. The Balaban J connectivity index is 3.00. The van der Waals surface area contributed by atoms with E-state index < -0.39 is 28.3 Å². The second-order valence-corrected chi connectivity index (χ2v) is 4.23. The minimum absolute atomic E-state index is 0.0598. The van der Waals surface area contributed by atoms with Gasteiger partial charge in [-0.05, 0) is 18.6 Å². The number of benzene rings is 1. The van der Waals surface area contributed by atoms with Crippen LogP contribution in [-0.4, -0.2) is 41.9 Å². The average molecular weight is 298 g/mol. The standard InChI is InChI=1S/C13H15FN2O5/c1-3-6-15(8-12(17)21-2)13(18)9-4-5-11(16(19)20)10(14)7-9/h4-5,7H,3,6,8H2,1-2H3. The lowest BCUT2D eigenvalue weighted by atomic mass is 10.1. The van der Waals surface area contributed by atoms with Crippen molar-refractivity contribution in [2.45, 2.75) is 13.3 Å². The monoisotopic (exact) mass is 298 g/mol. The van der Waals surface area contributed by atoms with Crippen LogP contribution in [0.15, 0.2) is 18.2 Å². The number of nitro benzene ring substituents is 1.